The topological polar surface area (TPSA) is 67.9 Å². The first-order valence-corrected chi connectivity index (χ1v) is 9.83. The normalized spacial score (nSPS) is 14.9. The number of nitrogens with zero attached hydrogens (tertiary/aromatic N) is 1. The van der Waals surface area contributed by atoms with E-state index in [4.69, 9.17) is 4.74 Å². The van der Waals surface area contributed by atoms with Gasteiger partial charge in [-0.2, -0.15) is 8.78 Å². The number of benzene rings is 2. The second-order valence-electron chi connectivity index (χ2n) is 7.05. The van der Waals surface area contributed by atoms with E-state index in [0.717, 1.165) is 11.1 Å². The fourth-order valence-corrected chi connectivity index (χ4v) is 3.57. The fourth-order valence-electron chi connectivity index (χ4n) is 3.57. The lowest BCUT2D eigenvalue weighted by molar-refractivity contribution is -0.129. The summed E-state index contributed by atoms with van der Waals surface area (Å²) >= 11 is 0. The Morgan fingerprint density at radius 2 is 1.94 bits per heavy atom. The Morgan fingerprint density at radius 3 is 2.65 bits per heavy atom. The molecule has 2 aromatic carbocycles. The quantitative estimate of drug-likeness (QED) is 0.689. The number of methoxy groups -OCH3 is 1. The predicted molar refractivity (Wildman–Crippen MR) is 112 cm³/mol. The van der Waals surface area contributed by atoms with E-state index in [1.807, 2.05) is 30.3 Å². The van der Waals surface area contributed by atoms with Gasteiger partial charge in [-0.25, -0.2) is 0 Å². The summed E-state index contributed by atoms with van der Waals surface area (Å²) in [7, 11) is 1.37. The number of carbonyl (C=O) groups excluding carboxylic acids is 2. The number of amides is 2. The Hall–Kier alpha value is -3.42. The molecule has 3 rings (SSSR count). The van der Waals surface area contributed by atoms with Crippen LogP contribution in [0, 0.1) is 0 Å². The molecule has 2 aromatic rings. The molecule has 164 valence electrons. The van der Waals surface area contributed by atoms with Crippen molar-refractivity contribution in [2.24, 2.45) is 0 Å². The molecule has 1 unspecified atom stereocenters. The number of hydrogen-bond acceptors (Lipinski definition) is 4. The third kappa shape index (κ3) is 5.59. The molecule has 1 N–H and O–H groups in total. The molecule has 0 radical (unpaired) electrons. The van der Waals surface area contributed by atoms with E-state index in [2.05, 4.69) is 10.1 Å². The SMILES string of the molecule is COc1ccc(CCNC(=O)CC2c3ccccc3C=CN2C(C)=O)cc1OC(F)F. The van der Waals surface area contributed by atoms with E-state index < -0.39 is 6.61 Å². The predicted octanol–water partition coefficient (Wildman–Crippen LogP) is 3.92. The number of hydrogen-bond donors (Lipinski definition) is 1. The van der Waals surface area contributed by atoms with Crippen molar-refractivity contribution in [3.8, 4) is 11.5 Å². The summed E-state index contributed by atoms with van der Waals surface area (Å²) in [6, 6.07) is 12.0. The molecule has 8 heteroatoms. The van der Waals surface area contributed by atoms with Crippen molar-refractivity contribution < 1.29 is 27.8 Å². The number of fused-ring (bicyclic) bond motifs is 1. The van der Waals surface area contributed by atoms with Crippen molar-refractivity contribution in [2.75, 3.05) is 13.7 Å². The zero-order valence-electron chi connectivity index (χ0n) is 17.3. The first-order valence-electron chi connectivity index (χ1n) is 9.83. The maximum Gasteiger partial charge on any atom is 0.387 e. The summed E-state index contributed by atoms with van der Waals surface area (Å²) in [6.07, 6.45) is 4.09. The molecular formula is C23H24F2N2O4. The van der Waals surface area contributed by atoms with Crippen molar-refractivity contribution in [3.63, 3.8) is 0 Å². The van der Waals surface area contributed by atoms with Gasteiger partial charge in [-0.1, -0.05) is 30.3 Å². The molecule has 31 heavy (non-hydrogen) atoms. The van der Waals surface area contributed by atoms with Gasteiger partial charge in [0.25, 0.3) is 0 Å². The van der Waals surface area contributed by atoms with E-state index >= 15 is 0 Å². The highest BCUT2D eigenvalue weighted by Crippen LogP contribution is 2.33. The molecule has 1 aliphatic heterocycles. The van der Waals surface area contributed by atoms with Crippen LogP contribution in [0.25, 0.3) is 6.08 Å². The summed E-state index contributed by atoms with van der Waals surface area (Å²) in [5.74, 6) is -0.197. The van der Waals surface area contributed by atoms with Gasteiger partial charge in [-0.05, 0) is 41.3 Å². The minimum Gasteiger partial charge on any atom is -0.493 e. The lowest BCUT2D eigenvalue weighted by atomic mass is 9.93. The summed E-state index contributed by atoms with van der Waals surface area (Å²) in [5.41, 5.74) is 2.61. The molecule has 1 aliphatic rings. The zero-order valence-corrected chi connectivity index (χ0v) is 17.3. The number of carbonyl (C=O) groups is 2. The largest absolute Gasteiger partial charge is 0.493 e. The van der Waals surface area contributed by atoms with E-state index in [1.54, 1.807) is 23.2 Å². The van der Waals surface area contributed by atoms with Crippen molar-refractivity contribution >= 4 is 17.9 Å². The van der Waals surface area contributed by atoms with Crippen LogP contribution >= 0.6 is 0 Å². The van der Waals surface area contributed by atoms with E-state index in [1.165, 1.54) is 20.1 Å². The van der Waals surface area contributed by atoms with Gasteiger partial charge in [0.2, 0.25) is 11.8 Å². The van der Waals surface area contributed by atoms with Crippen LogP contribution in [0.1, 0.15) is 36.1 Å². The van der Waals surface area contributed by atoms with Gasteiger partial charge in [-0.15, -0.1) is 0 Å². The Bertz CT molecular complexity index is 978. The molecule has 0 bridgehead atoms. The van der Waals surface area contributed by atoms with Crippen molar-refractivity contribution in [1.29, 1.82) is 0 Å². The summed E-state index contributed by atoms with van der Waals surface area (Å²) < 4.78 is 34.7. The molecular weight excluding hydrogens is 406 g/mol. The number of ether oxygens (including phenoxy) is 2. The van der Waals surface area contributed by atoms with Crippen LogP contribution < -0.4 is 14.8 Å². The van der Waals surface area contributed by atoms with Gasteiger partial charge in [0, 0.05) is 19.7 Å². The second-order valence-corrected chi connectivity index (χ2v) is 7.05. The molecule has 6 nitrogen and oxygen atoms in total. The zero-order chi connectivity index (χ0) is 22.4. The van der Waals surface area contributed by atoms with Gasteiger partial charge >= 0.3 is 6.61 Å². The highest BCUT2D eigenvalue weighted by atomic mass is 19.3. The molecule has 0 aliphatic carbocycles. The molecule has 1 atom stereocenters. The number of nitrogens with one attached hydrogen (secondary N) is 1. The fraction of sp³-hybridized carbons (Fsp3) is 0.304. The standard InChI is InChI=1S/C23H24F2N2O4/c1-15(28)27-12-10-17-5-3-4-6-18(17)19(27)14-22(29)26-11-9-16-7-8-20(30-2)21(13-16)31-23(24)25/h3-8,10,12-13,19,23H,9,11,14H2,1-2H3,(H,26,29). The average molecular weight is 430 g/mol. The first-order chi connectivity index (χ1) is 14.9. The Kier molecular flexibility index (Phi) is 7.23. The van der Waals surface area contributed by atoms with Gasteiger partial charge in [0.1, 0.15) is 0 Å². The van der Waals surface area contributed by atoms with Gasteiger partial charge in [0.05, 0.1) is 19.6 Å². The Morgan fingerprint density at radius 1 is 1.16 bits per heavy atom. The monoisotopic (exact) mass is 430 g/mol. The van der Waals surface area contributed by atoms with Crippen LogP contribution in [-0.4, -0.2) is 37.0 Å². The minimum absolute atomic E-state index is 0.0518. The first kappa shape index (κ1) is 22.3. The van der Waals surface area contributed by atoms with Crippen LogP contribution in [0.15, 0.2) is 48.7 Å². The lowest BCUT2D eigenvalue weighted by Gasteiger charge is -2.32. The highest BCUT2D eigenvalue weighted by Gasteiger charge is 2.28. The molecule has 2 amide bonds. The van der Waals surface area contributed by atoms with Gasteiger partial charge < -0.3 is 19.7 Å². The minimum atomic E-state index is -2.96. The number of alkyl halides is 2. The third-order valence-electron chi connectivity index (χ3n) is 5.03. The third-order valence-corrected chi connectivity index (χ3v) is 5.03. The highest BCUT2D eigenvalue weighted by molar-refractivity contribution is 5.81. The van der Waals surface area contributed by atoms with Crippen molar-refractivity contribution in [3.05, 3.63) is 65.4 Å². The average Bonchev–Trinajstić information content (AvgIpc) is 2.73. The maximum atomic E-state index is 12.6. The van der Waals surface area contributed by atoms with E-state index in [0.29, 0.717) is 18.5 Å². The second kappa shape index (κ2) is 10.1. The van der Waals surface area contributed by atoms with Gasteiger partial charge in [-0.3, -0.25) is 9.59 Å². The smallest absolute Gasteiger partial charge is 0.387 e. The summed E-state index contributed by atoms with van der Waals surface area (Å²) in [4.78, 5) is 26.2. The molecule has 0 aromatic heterocycles. The van der Waals surface area contributed by atoms with Crippen LogP contribution in [0.2, 0.25) is 0 Å². The Labute approximate surface area is 179 Å². The number of halogens is 2. The van der Waals surface area contributed by atoms with Crippen LogP contribution in [-0.2, 0) is 16.0 Å². The van der Waals surface area contributed by atoms with Crippen LogP contribution in [0.5, 0.6) is 11.5 Å². The van der Waals surface area contributed by atoms with Crippen LogP contribution in [0.4, 0.5) is 8.78 Å². The summed E-state index contributed by atoms with van der Waals surface area (Å²) in [5, 5.41) is 2.84. The maximum absolute atomic E-state index is 12.6. The Balaban J connectivity index is 1.61. The van der Waals surface area contributed by atoms with Crippen LogP contribution in [0.3, 0.4) is 0 Å². The van der Waals surface area contributed by atoms with E-state index in [-0.39, 0.29) is 35.8 Å². The number of rotatable bonds is 8. The summed E-state index contributed by atoms with van der Waals surface area (Å²) in [6.45, 7) is -1.18. The molecule has 0 fully saturated rings. The molecule has 0 saturated carbocycles. The lowest BCUT2D eigenvalue weighted by Crippen LogP contribution is -2.35. The molecule has 0 saturated heterocycles. The van der Waals surface area contributed by atoms with Crippen molar-refractivity contribution in [2.45, 2.75) is 32.4 Å². The molecule has 1 heterocycles. The van der Waals surface area contributed by atoms with Crippen molar-refractivity contribution in [1.82, 2.24) is 10.2 Å². The van der Waals surface area contributed by atoms with Gasteiger partial charge in [0.15, 0.2) is 11.5 Å². The van der Waals surface area contributed by atoms with E-state index in [9.17, 15) is 18.4 Å². The molecule has 0 spiro atoms.